The van der Waals surface area contributed by atoms with Gasteiger partial charge in [0.2, 0.25) is 0 Å². The predicted molar refractivity (Wildman–Crippen MR) is 83.0 cm³/mol. The largest absolute Gasteiger partial charge is 0.497 e. The molecule has 2 N–H and O–H groups in total. The van der Waals surface area contributed by atoms with Gasteiger partial charge in [-0.1, -0.05) is 0 Å². The summed E-state index contributed by atoms with van der Waals surface area (Å²) < 4.78 is 10.6. The summed E-state index contributed by atoms with van der Waals surface area (Å²) in [5.41, 5.74) is 0. The highest BCUT2D eigenvalue weighted by atomic mass is 32.1. The van der Waals surface area contributed by atoms with Crippen LogP contribution in [0.3, 0.4) is 0 Å². The van der Waals surface area contributed by atoms with E-state index >= 15 is 0 Å². The molecule has 0 radical (unpaired) electrons. The van der Waals surface area contributed by atoms with E-state index in [2.05, 4.69) is 10.3 Å². The zero-order valence-electron chi connectivity index (χ0n) is 12.2. The van der Waals surface area contributed by atoms with E-state index in [1.54, 1.807) is 24.6 Å². The monoisotopic (exact) mass is 308 g/mol. The molecule has 0 aliphatic rings. The van der Waals surface area contributed by atoms with Crippen LogP contribution in [-0.2, 0) is 0 Å². The number of nitrogens with one attached hydrogen (secondary N) is 1. The molecular weight excluding hydrogens is 288 g/mol. The summed E-state index contributed by atoms with van der Waals surface area (Å²) >= 11 is 1.60. The van der Waals surface area contributed by atoms with Crippen molar-refractivity contribution in [1.29, 1.82) is 0 Å². The lowest BCUT2D eigenvalue weighted by Gasteiger charge is -2.16. The summed E-state index contributed by atoms with van der Waals surface area (Å²) in [6.45, 7) is 2.72. The lowest BCUT2D eigenvalue weighted by Crippen LogP contribution is -2.33. The highest BCUT2D eigenvalue weighted by Crippen LogP contribution is 2.17. The van der Waals surface area contributed by atoms with Crippen LogP contribution in [0.5, 0.6) is 11.5 Å². The molecule has 0 aliphatic carbocycles. The van der Waals surface area contributed by atoms with Crippen LogP contribution < -0.4 is 14.8 Å². The molecule has 0 aliphatic heterocycles. The molecular formula is C15H20N2O3S. The van der Waals surface area contributed by atoms with Crippen molar-refractivity contribution in [2.24, 2.45) is 0 Å². The minimum atomic E-state index is -0.575. The van der Waals surface area contributed by atoms with Gasteiger partial charge in [-0.25, -0.2) is 4.98 Å². The van der Waals surface area contributed by atoms with Gasteiger partial charge in [-0.3, -0.25) is 0 Å². The van der Waals surface area contributed by atoms with Gasteiger partial charge in [-0.2, -0.15) is 0 Å². The molecule has 0 amide bonds. The first-order chi connectivity index (χ1) is 10.2. The quantitative estimate of drug-likeness (QED) is 0.783. The van der Waals surface area contributed by atoms with Gasteiger partial charge in [-0.05, 0) is 31.2 Å². The van der Waals surface area contributed by atoms with E-state index in [9.17, 15) is 5.11 Å². The Morgan fingerprint density at radius 2 is 2.00 bits per heavy atom. The number of methoxy groups -OCH3 is 1. The van der Waals surface area contributed by atoms with Crippen molar-refractivity contribution in [3.05, 3.63) is 40.8 Å². The standard InChI is InChI=1S/C15H20N2O3S/c1-11(15-16-7-8-21-15)17-9-12(18)10-20-14-5-3-13(19-2)4-6-14/h3-8,11-12,17-18H,9-10H2,1-2H3. The van der Waals surface area contributed by atoms with E-state index in [1.165, 1.54) is 0 Å². The minimum absolute atomic E-state index is 0.126. The Balaban J connectivity index is 1.70. The molecule has 2 atom stereocenters. The van der Waals surface area contributed by atoms with Gasteiger partial charge in [0.15, 0.2) is 0 Å². The molecule has 0 saturated heterocycles. The molecule has 114 valence electrons. The molecule has 0 spiro atoms. The lowest BCUT2D eigenvalue weighted by atomic mass is 10.3. The van der Waals surface area contributed by atoms with Gasteiger partial charge < -0.3 is 19.9 Å². The van der Waals surface area contributed by atoms with Crippen LogP contribution >= 0.6 is 11.3 Å². The number of aliphatic hydroxyl groups is 1. The number of hydrogen-bond acceptors (Lipinski definition) is 6. The third-order valence-electron chi connectivity index (χ3n) is 2.98. The summed E-state index contributed by atoms with van der Waals surface area (Å²) in [7, 11) is 1.62. The Morgan fingerprint density at radius 1 is 1.29 bits per heavy atom. The molecule has 0 bridgehead atoms. The second kappa shape index (κ2) is 7.97. The van der Waals surface area contributed by atoms with E-state index < -0.39 is 6.10 Å². The Labute approximate surface area is 128 Å². The number of aromatic nitrogens is 1. The van der Waals surface area contributed by atoms with Crippen LogP contribution in [0, 0.1) is 0 Å². The number of nitrogens with zero attached hydrogens (tertiary/aromatic N) is 1. The number of hydrogen-bond donors (Lipinski definition) is 2. The van der Waals surface area contributed by atoms with E-state index in [0.29, 0.717) is 12.3 Å². The maximum Gasteiger partial charge on any atom is 0.119 e. The summed E-state index contributed by atoms with van der Waals surface area (Å²) in [5, 5.41) is 16.1. The Morgan fingerprint density at radius 3 is 2.62 bits per heavy atom. The molecule has 21 heavy (non-hydrogen) atoms. The van der Waals surface area contributed by atoms with Gasteiger partial charge in [-0.15, -0.1) is 11.3 Å². The van der Waals surface area contributed by atoms with Gasteiger partial charge in [0.05, 0.1) is 13.2 Å². The highest BCUT2D eigenvalue weighted by molar-refractivity contribution is 7.09. The fourth-order valence-electron chi connectivity index (χ4n) is 1.77. The first-order valence-corrected chi connectivity index (χ1v) is 7.64. The van der Waals surface area contributed by atoms with Crippen LogP contribution in [0.4, 0.5) is 0 Å². The van der Waals surface area contributed by atoms with Crippen LogP contribution in [0.2, 0.25) is 0 Å². The van der Waals surface area contributed by atoms with Crippen molar-refractivity contribution >= 4 is 11.3 Å². The average molecular weight is 308 g/mol. The second-order valence-corrected chi connectivity index (χ2v) is 5.57. The molecule has 2 unspecified atom stereocenters. The lowest BCUT2D eigenvalue weighted by molar-refractivity contribution is 0.104. The number of thiazole rings is 1. The normalized spacial score (nSPS) is 13.7. The molecule has 2 aromatic rings. The molecule has 2 rings (SSSR count). The molecule has 6 heteroatoms. The first-order valence-electron chi connectivity index (χ1n) is 6.76. The molecule has 5 nitrogen and oxygen atoms in total. The third-order valence-corrected chi connectivity index (χ3v) is 3.94. The predicted octanol–water partition coefficient (Wildman–Crippen LogP) is 2.24. The van der Waals surface area contributed by atoms with Gasteiger partial charge in [0.1, 0.15) is 29.2 Å². The van der Waals surface area contributed by atoms with Crippen LogP contribution in [0.25, 0.3) is 0 Å². The summed E-state index contributed by atoms with van der Waals surface area (Å²) in [6.07, 6.45) is 1.20. The van der Waals surface area contributed by atoms with Crippen molar-refractivity contribution in [3.8, 4) is 11.5 Å². The van der Waals surface area contributed by atoms with E-state index in [0.717, 1.165) is 10.8 Å². The van der Waals surface area contributed by atoms with Gasteiger partial charge in [0, 0.05) is 18.1 Å². The fourth-order valence-corrected chi connectivity index (χ4v) is 2.44. The van der Waals surface area contributed by atoms with Crippen LogP contribution in [0.15, 0.2) is 35.8 Å². The maximum absolute atomic E-state index is 9.93. The molecule has 1 aromatic carbocycles. The number of ether oxygens (including phenoxy) is 2. The zero-order chi connectivity index (χ0) is 15.1. The van der Waals surface area contributed by atoms with Crippen LogP contribution in [0.1, 0.15) is 18.0 Å². The van der Waals surface area contributed by atoms with Crippen molar-refractivity contribution in [2.45, 2.75) is 19.1 Å². The molecule has 1 aromatic heterocycles. The van der Waals surface area contributed by atoms with Crippen molar-refractivity contribution < 1.29 is 14.6 Å². The minimum Gasteiger partial charge on any atom is -0.497 e. The highest BCUT2D eigenvalue weighted by Gasteiger charge is 2.11. The number of aliphatic hydroxyl groups excluding tert-OH is 1. The average Bonchev–Trinajstić information content (AvgIpc) is 3.05. The van der Waals surface area contributed by atoms with Gasteiger partial charge >= 0.3 is 0 Å². The summed E-state index contributed by atoms with van der Waals surface area (Å²) in [5.74, 6) is 1.49. The van der Waals surface area contributed by atoms with Crippen molar-refractivity contribution in [2.75, 3.05) is 20.3 Å². The Hall–Kier alpha value is -1.63. The van der Waals surface area contributed by atoms with E-state index in [-0.39, 0.29) is 12.6 Å². The van der Waals surface area contributed by atoms with Gasteiger partial charge in [0.25, 0.3) is 0 Å². The maximum atomic E-state index is 9.93. The SMILES string of the molecule is COc1ccc(OCC(O)CNC(C)c2nccs2)cc1. The number of benzene rings is 1. The summed E-state index contributed by atoms with van der Waals surface area (Å²) in [4.78, 5) is 4.24. The smallest absolute Gasteiger partial charge is 0.119 e. The number of rotatable bonds is 8. The molecule has 0 fully saturated rings. The molecule has 0 saturated carbocycles. The Bertz CT molecular complexity index is 516. The van der Waals surface area contributed by atoms with Crippen molar-refractivity contribution in [1.82, 2.24) is 10.3 Å². The zero-order valence-corrected chi connectivity index (χ0v) is 13.0. The fraction of sp³-hybridized carbons (Fsp3) is 0.400. The Kier molecular flexibility index (Phi) is 5.98. The second-order valence-electron chi connectivity index (χ2n) is 4.64. The topological polar surface area (TPSA) is 63.6 Å². The molecule has 1 heterocycles. The summed E-state index contributed by atoms with van der Waals surface area (Å²) in [6, 6.07) is 7.41. The third kappa shape index (κ3) is 5.00. The van der Waals surface area contributed by atoms with E-state index in [1.807, 2.05) is 36.6 Å². The van der Waals surface area contributed by atoms with Crippen molar-refractivity contribution in [3.63, 3.8) is 0 Å². The first kappa shape index (κ1) is 15.8. The van der Waals surface area contributed by atoms with Crippen LogP contribution in [-0.4, -0.2) is 36.5 Å². The van der Waals surface area contributed by atoms with E-state index in [4.69, 9.17) is 9.47 Å².